The molecule has 1 heterocycles. The number of carbonyl (C=O) groups excluding carboxylic acids is 2. The third-order valence-corrected chi connectivity index (χ3v) is 8.47. The molecule has 0 aliphatic heterocycles. The van der Waals surface area contributed by atoms with Crippen LogP contribution in [-0.4, -0.2) is 43.7 Å². The summed E-state index contributed by atoms with van der Waals surface area (Å²) >= 11 is 2.09. The van der Waals surface area contributed by atoms with Crippen molar-refractivity contribution in [3.63, 3.8) is 0 Å². The van der Waals surface area contributed by atoms with E-state index >= 15 is 0 Å². The van der Waals surface area contributed by atoms with Crippen LogP contribution in [0.25, 0.3) is 10.9 Å². The molecule has 4 aromatic rings. The molecule has 0 saturated heterocycles. The molecule has 0 bridgehead atoms. The highest BCUT2D eigenvalue weighted by atomic mass is 127. The van der Waals surface area contributed by atoms with Gasteiger partial charge in [-0.2, -0.15) is 9.82 Å². The number of aromatic nitrogens is 1. The van der Waals surface area contributed by atoms with Crippen molar-refractivity contribution in [2.75, 3.05) is 6.61 Å². The van der Waals surface area contributed by atoms with Crippen LogP contribution in [0, 0.1) is 10.5 Å². The lowest BCUT2D eigenvalue weighted by atomic mass is 10.1. The monoisotopic (exact) mass is 672 g/mol. The molecule has 1 amide bonds. The van der Waals surface area contributed by atoms with Gasteiger partial charge in [0.1, 0.15) is 12.6 Å². The first-order chi connectivity index (χ1) is 19.2. The zero-order chi connectivity index (χ0) is 28.7. The van der Waals surface area contributed by atoms with E-state index in [2.05, 4.69) is 37.8 Å². The van der Waals surface area contributed by atoms with Gasteiger partial charge in [0.15, 0.2) is 0 Å². The van der Waals surface area contributed by atoms with Crippen molar-refractivity contribution in [1.82, 2.24) is 14.7 Å². The second kappa shape index (κ2) is 13.2. The van der Waals surface area contributed by atoms with Gasteiger partial charge in [-0.15, -0.1) is 0 Å². The van der Waals surface area contributed by atoms with Gasteiger partial charge in [0, 0.05) is 25.7 Å². The van der Waals surface area contributed by atoms with Crippen LogP contribution in [0.5, 0.6) is 0 Å². The number of amides is 1. The molecule has 11 heteroatoms. The molecule has 1 atom stereocenters. The lowest BCUT2D eigenvalue weighted by Crippen LogP contribution is -2.46. The molecule has 1 aromatic heterocycles. The molecule has 0 radical (unpaired) electrons. The maximum absolute atomic E-state index is 13.3. The Morgan fingerprint density at radius 3 is 2.40 bits per heavy atom. The van der Waals surface area contributed by atoms with E-state index in [4.69, 9.17) is 4.74 Å². The lowest BCUT2D eigenvalue weighted by molar-refractivity contribution is -0.143. The number of halogens is 1. The Balaban J connectivity index is 1.58. The number of sulfonamides is 1. The lowest BCUT2D eigenvalue weighted by Gasteiger charge is -2.17. The number of hydrogen-bond donors (Lipinski definition) is 2. The van der Waals surface area contributed by atoms with Crippen molar-refractivity contribution in [1.29, 1.82) is 0 Å². The summed E-state index contributed by atoms with van der Waals surface area (Å²) in [4.78, 5) is 25.5. The van der Waals surface area contributed by atoms with Crippen LogP contribution in [0.1, 0.15) is 23.7 Å². The minimum absolute atomic E-state index is 0.0415. The van der Waals surface area contributed by atoms with Crippen molar-refractivity contribution >= 4 is 61.6 Å². The quantitative estimate of drug-likeness (QED) is 0.107. The number of rotatable bonds is 11. The summed E-state index contributed by atoms with van der Waals surface area (Å²) in [5.41, 5.74) is 5.60. The number of carbonyl (C=O) groups is 2. The predicted octanol–water partition coefficient (Wildman–Crippen LogP) is 4.16. The Labute approximate surface area is 246 Å². The van der Waals surface area contributed by atoms with Crippen LogP contribution in [-0.2, 0) is 37.3 Å². The van der Waals surface area contributed by atoms with Gasteiger partial charge < -0.3 is 9.30 Å². The number of hydrogen-bond acceptors (Lipinski definition) is 6. The highest BCUT2D eigenvalue weighted by Crippen LogP contribution is 2.24. The fraction of sp³-hybridized carbons (Fsp3) is 0.207. The van der Waals surface area contributed by atoms with E-state index in [-0.39, 0.29) is 30.4 Å². The van der Waals surface area contributed by atoms with E-state index in [1.165, 1.54) is 18.3 Å². The van der Waals surface area contributed by atoms with Gasteiger partial charge in [-0.1, -0.05) is 48.5 Å². The number of fused-ring (bicyclic) bond motifs is 1. The molecule has 40 heavy (non-hydrogen) atoms. The highest BCUT2D eigenvalue weighted by molar-refractivity contribution is 14.1. The Morgan fingerprint density at radius 1 is 1.02 bits per heavy atom. The molecule has 0 saturated carbocycles. The summed E-state index contributed by atoms with van der Waals surface area (Å²) in [5, 5.41) is 5.02. The molecular weight excluding hydrogens is 643 g/mol. The van der Waals surface area contributed by atoms with E-state index in [1.54, 1.807) is 19.1 Å². The normalized spacial score (nSPS) is 12.5. The summed E-state index contributed by atoms with van der Waals surface area (Å²) in [6.07, 6.45) is 1.63. The van der Waals surface area contributed by atoms with Gasteiger partial charge in [-0.05, 0) is 78.8 Å². The third-order valence-electron chi connectivity index (χ3n) is 6.26. The van der Waals surface area contributed by atoms with Crippen molar-refractivity contribution < 1.29 is 22.7 Å². The highest BCUT2D eigenvalue weighted by Gasteiger charge is 2.26. The summed E-state index contributed by atoms with van der Waals surface area (Å²) in [5.74, 6) is -0.964. The van der Waals surface area contributed by atoms with Gasteiger partial charge in [0.05, 0.1) is 17.7 Å². The third kappa shape index (κ3) is 7.14. The Morgan fingerprint density at radius 2 is 1.70 bits per heavy atom. The largest absolute Gasteiger partial charge is 0.465 e. The Kier molecular flexibility index (Phi) is 9.71. The van der Waals surface area contributed by atoms with E-state index in [9.17, 15) is 18.0 Å². The number of esters is 1. The maximum atomic E-state index is 13.3. The molecule has 0 aliphatic carbocycles. The zero-order valence-electron chi connectivity index (χ0n) is 22.0. The molecular formula is C29H29IN4O5S. The van der Waals surface area contributed by atoms with Crippen molar-refractivity contribution in [2.45, 2.75) is 37.8 Å². The fourth-order valence-corrected chi connectivity index (χ4v) is 5.86. The number of ether oxygens (including phenoxy) is 1. The molecule has 0 aliphatic rings. The summed E-state index contributed by atoms with van der Waals surface area (Å²) in [7, 11) is -3.98. The van der Waals surface area contributed by atoms with Crippen LogP contribution >= 0.6 is 22.6 Å². The SMILES string of the molecule is CCOC(=O)Cn1c(C)c(/C=N\NC(=O)[C@@H](Cc2ccccc2)NS(=O)(=O)c2ccc(I)cc2)c2ccccc21. The standard InChI is InChI=1S/C29H29IN4O5S/c1-3-39-28(35)19-34-20(2)25(24-11-7-8-12-27(24)34)18-31-32-29(36)26(17-21-9-5-4-6-10-21)33-40(37,38)23-15-13-22(30)14-16-23/h4-16,18,26,33H,3,17,19H2,1-2H3,(H,32,36)/b31-18-/t26-/m1/s1. The number of para-hydroxylation sites is 1. The van der Waals surface area contributed by atoms with Crippen LogP contribution < -0.4 is 10.1 Å². The number of nitrogens with one attached hydrogen (secondary N) is 2. The first kappa shape index (κ1) is 29.4. The van der Waals surface area contributed by atoms with Gasteiger partial charge in [-0.3, -0.25) is 9.59 Å². The van der Waals surface area contributed by atoms with Crippen molar-refractivity contribution in [2.24, 2.45) is 5.10 Å². The number of hydrazone groups is 1. The summed E-state index contributed by atoms with van der Waals surface area (Å²) < 4.78 is 36.6. The topological polar surface area (TPSA) is 119 Å². The van der Waals surface area contributed by atoms with E-state index < -0.39 is 22.0 Å². The molecule has 4 rings (SSSR count). The predicted molar refractivity (Wildman–Crippen MR) is 162 cm³/mol. The fourth-order valence-electron chi connectivity index (χ4n) is 4.31. The van der Waals surface area contributed by atoms with Crippen LogP contribution in [0.3, 0.4) is 0 Å². The number of nitrogens with zero attached hydrogens (tertiary/aromatic N) is 2. The van der Waals surface area contributed by atoms with Gasteiger partial charge in [0.25, 0.3) is 5.91 Å². The second-order valence-corrected chi connectivity index (χ2v) is 11.9. The first-order valence-electron chi connectivity index (χ1n) is 12.6. The molecule has 0 unspecified atom stereocenters. The van der Waals surface area contributed by atoms with E-state index in [0.29, 0.717) is 0 Å². The summed E-state index contributed by atoms with van der Waals surface area (Å²) in [6, 6.07) is 21.9. The van der Waals surface area contributed by atoms with Gasteiger partial charge >= 0.3 is 5.97 Å². The van der Waals surface area contributed by atoms with Crippen molar-refractivity contribution in [3.8, 4) is 0 Å². The smallest absolute Gasteiger partial charge is 0.325 e. The molecule has 3 aromatic carbocycles. The molecule has 0 fully saturated rings. The van der Waals surface area contributed by atoms with Gasteiger partial charge in [-0.25, -0.2) is 13.8 Å². The Bertz CT molecular complexity index is 1630. The molecule has 208 valence electrons. The van der Waals surface area contributed by atoms with Crippen LogP contribution in [0.4, 0.5) is 0 Å². The van der Waals surface area contributed by atoms with Crippen LogP contribution in [0.15, 0.2) is 88.9 Å². The molecule has 9 nitrogen and oxygen atoms in total. The minimum Gasteiger partial charge on any atom is -0.465 e. The van der Waals surface area contributed by atoms with E-state index in [0.717, 1.165) is 31.3 Å². The van der Waals surface area contributed by atoms with E-state index in [1.807, 2.05) is 66.1 Å². The van der Waals surface area contributed by atoms with Crippen LogP contribution in [0.2, 0.25) is 0 Å². The zero-order valence-corrected chi connectivity index (χ0v) is 25.0. The second-order valence-electron chi connectivity index (χ2n) is 8.96. The minimum atomic E-state index is -3.98. The number of benzene rings is 3. The Hall–Kier alpha value is -3.55. The maximum Gasteiger partial charge on any atom is 0.325 e. The summed E-state index contributed by atoms with van der Waals surface area (Å²) in [6.45, 7) is 3.94. The first-order valence-corrected chi connectivity index (χ1v) is 15.1. The average molecular weight is 673 g/mol. The van der Waals surface area contributed by atoms with Gasteiger partial charge in [0.2, 0.25) is 10.0 Å². The molecule has 0 spiro atoms. The van der Waals surface area contributed by atoms with Crippen molar-refractivity contribution in [3.05, 3.63) is 99.3 Å². The molecule has 2 N–H and O–H groups in total. The average Bonchev–Trinajstić information content (AvgIpc) is 3.19.